The van der Waals surface area contributed by atoms with Crippen molar-refractivity contribution in [3.05, 3.63) is 51.5 Å². The van der Waals surface area contributed by atoms with Crippen molar-refractivity contribution < 1.29 is 9.18 Å². The fourth-order valence-electron chi connectivity index (χ4n) is 3.47. The lowest BCUT2D eigenvalue weighted by molar-refractivity contribution is 0.102. The minimum absolute atomic E-state index is 0.138. The van der Waals surface area contributed by atoms with Gasteiger partial charge in [0.2, 0.25) is 0 Å². The number of aryl methyl sites for hydroxylation is 1. The summed E-state index contributed by atoms with van der Waals surface area (Å²) in [5, 5.41) is 7.84. The van der Waals surface area contributed by atoms with Crippen molar-refractivity contribution in [2.24, 2.45) is 0 Å². The number of benzene rings is 1. The van der Waals surface area contributed by atoms with Crippen molar-refractivity contribution in [2.75, 3.05) is 5.32 Å². The average molecular weight is 417 g/mol. The van der Waals surface area contributed by atoms with Crippen molar-refractivity contribution in [2.45, 2.75) is 39.2 Å². The molecule has 4 rings (SSSR count). The van der Waals surface area contributed by atoms with Crippen LogP contribution in [0.15, 0.2) is 28.9 Å². The minimum atomic E-state index is -0.479. The van der Waals surface area contributed by atoms with Crippen LogP contribution in [0.2, 0.25) is 0 Å². The van der Waals surface area contributed by atoms with Crippen LogP contribution in [-0.2, 0) is 12.8 Å². The Bertz CT molecular complexity index is 1030. The molecule has 1 amide bonds. The molecule has 1 N–H and O–H groups in total. The number of hydrogen-bond donors (Lipinski definition) is 1. The molecule has 7 heteroatoms. The number of hydrogen-bond acceptors (Lipinski definition) is 3. The smallest absolute Gasteiger partial charge is 0.256 e. The summed E-state index contributed by atoms with van der Waals surface area (Å²) in [6.45, 7) is 4.05. The first kappa shape index (κ1) is 17.1. The first-order chi connectivity index (χ1) is 12.5. The van der Waals surface area contributed by atoms with E-state index in [9.17, 15) is 9.18 Å². The van der Waals surface area contributed by atoms with Gasteiger partial charge in [0.15, 0.2) is 5.65 Å². The van der Waals surface area contributed by atoms with Crippen LogP contribution in [0.1, 0.15) is 47.9 Å². The number of nitrogens with zero attached hydrogens (tertiary/aromatic N) is 3. The van der Waals surface area contributed by atoms with Crippen molar-refractivity contribution in [1.29, 1.82) is 0 Å². The van der Waals surface area contributed by atoms with E-state index < -0.39 is 5.82 Å². The molecule has 0 saturated carbocycles. The Morgan fingerprint density at radius 1 is 1.35 bits per heavy atom. The zero-order valence-electron chi connectivity index (χ0n) is 14.5. The zero-order chi connectivity index (χ0) is 18.4. The highest BCUT2D eigenvalue weighted by Crippen LogP contribution is 2.32. The van der Waals surface area contributed by atoms with Crippen LogP contribution in [0.5, 0.6) is 0 Å². The van der Waals surface area contributed by atoms with Crippen LogP contribution >= 0.6 is 15.9 Å². The molecule has 0 bridgehead atoms. The summed E-state index contributed by atoms with van der Waals surface area (Å²) in [5.41, 5.74) is 3.34. The molecule has 0 atom stereocenters. The van der Waals surface area contributed by atoms with E-state index >= 15 is 0 Å². The van der Waals surface area contributed by atoms with Crippen molar-refractivity contribution in [1.82, 2.24) is 14.8 Å². The summed E-state index contributed by atoms with van der Waals surface area (Å²) in [6, 6.07) is 4.72. The Morgan fingerprint density at radius 3 is 2.88 bits per heavy atom. The molecule has 0 saturated heterocycles. The molecule has 0 aliphatic heterocycles. The van der Waals surface area contributed by atoms with E-state index in [1.807, 2.05) is 18.5 Å². The summed E-state index contributed by atoms with van der Waals surface area (Å²) in [5.74, 6) is -0.798. The molecular weight excluding hydrogens is 399 g/mol. The van der Waals surface area contributed by atoms with E-state index in [0.717, 1.165) is 35.9 Å². The van der Waals surface area contributed by atoms with Gasteiger partial charge in [0.25, 0.3) is 5.91 Å². The second-order valence-electron chi connectivity index (χ2n) is 6.76. The topological polar surface area (TPSA) is 59.8 Å². The molecule has 26 heavy (non-hydrogen) atoms. The molecule has 2 heterocycles. The molecule has 1 aliphatic rings. The number of aromatic nitrogens is 3. The predicted molar refractivity (Wildman–Crippen MR) is 102 cm³/mol. The van der Waals surface area contributed by atoms with E-state index in [-0.39, 0.29) is 17.6 Å². The molecule has 134 valence electrons. The summed E-state index contributed by atoms with van der Waals surface area (Å²) in [4.78, 5) is 17.8. The van der Waals surface area contributed by atoms with Gasteiger partial charge in [0, 0.05) is 16.2 Å². The lowest BCUT2D eigenvalue weighted by Gasteiger charge is -2.13. The average Bonchev–Trinajstić information content (AvgIpc) is 3.21. The molecule has 1 aliphatic carbocycles. The number of carbonyl (C=O) groups is 1. The van der Waals surface area contributed by atoms with E-state index in [1.54, 1.807) is 18.3 Å². The minimum Gasteiger partial charge on any atom is -0.319 e. The first-order valence-corrected chi connectivity index (χ1v) is 9.40. The third-order valence-corrected chi connectivity index (χ3v) is 5.16. The Hall–Kier alpha value is -2.28. The van der Waals surface area contributed by atoms with Gasteiger partial charge in [-0.25, -0.2) is 14.1 Å². The van der Waals surface area contributed by atoms with Gasteiger partial charge in [-0.1, -0.05) is 15.9 Å². The van der Waals surface area contributed by atoms with Gasteiger partial charge in [-0.3, -0.25) is 4.79 Å². The summed E-state index contributed by atoms with van der Waals surface area (Å²) in [6.07, 6.45) is 4.31. The van der Waals surface area contributed by atoms with Gasteiger partial charge >= 0.3 is 0 Å². The standard InChI is InChI=1S/C19H18BrFN4O/c1-10(2)25-18-13(9-22-25)17(12-4-3-5-15(12)23-18)19(26)24-16-7-6-11(20)8-14(16)21/h6-10H,3-5H2,1-2H3,(H,24,26). The second-order valence-corrected chi connectivity index (χ2v) is 7.68. The Balaban J connectivity index is 1.83. The second kappa shape index (κ2) is 6.46. The van der Waals surface area contributed by atoms with Crippen LogP contribution in [0.4, 0.5) is 10.1 Å². The van der Waals surface area contributed by atoms with Gasteiger partial charge in [0.05, 0.1) is 22.8 Å². The van der Waals surface area contributed by atoms with Crippen molar-refractivity contribution in [3.8, 4) is 0 Å². The maximum Gasteiger partial charge on any atom is 0.256 e. The van der Waals surface area contributed by atoms with E-state index in [4.69, 9.17) is 4.98 Å². The number of anilines is 1. The molecule has 0 unspecified atom stereocenters. The Labute approximate surface area is 158 Å². The summed E-state index contributed by atoms with van der Waals surface area (Å²) < 4.78 is 16.6. The summed E-state index contributed by atoms with van der Waals surface area (Å²) >= 11 is 3.22. The van der Waals surface area contributed by atoms with Crippen LogP contribution in [0.25, 0.3) is 11.0 Å². The van der Waals surface area contributed by atoms with Crippen LogP contribution in [0, 0.1) is 5.82 Å². The van der Waals surface area contributed by atoms with Gasteiger partial charge in [-0.15, -0.1) is 0 Å². The van der Waals surface area contributed by atoms with Crippen molar-refractivity contribution in [3.63, 3.8) is 0 Å². The van der Waals surface area contributed by atoms with E-state index in [0.29, 0.717) is 15.7 Å². The molecule has 0 radical (unpaired) electrons. The Kier molecular flexibility index (Phi) is 4.26. The molecular formula is C19H18BrFN4O. The molecule has 5 nitrogen and oxygen atoms in total. The number of fused-ring (bicyclic) bond motifs is 2. The SMILES string of the molecule is CC(C)n1ncc2c(C(=O)Nc3ccc(Br)cc3F)c3c(nc21)CCC3. The molecule has 1 aromatic carbocycles. The van der Waals surface area contributed by atoms with Crippen LogP contribution in [0.3, 0.4) is 0 Å². The van der Waals surface area contributed by atoms with Gasteiger partial charge in [-0.05, 0) is 56.9 Å². The fraction of sp³-hybridized carbons (Fsp3) is 0.316. The highest BCUT2D eigenvalue weighted by atomic mass is 79.9. The maximum absolute atomic E-state index is 14.2. The highest BCUT2D eigenvalue weighted by molar-refractivity contribution is 9.10. The molecule has 3 aromatic rings. The number of amides is 1. The van der Waals surface area contributed by atoms with Gasteiger partial charge in [-0.2, -0.15) is 5.10 Å². The first-order valence-electron chi connectivity index (χ1n) is 8.61. The molecule has 0 fully saturated rings. The van der Waals surface area contributed by atoms with Crippen molar-refractivity contribution >= 4 is 38.6 Å². The van der Waals surface area contributed by atoms with Crippen LogP contribution < -0.4 is 5.32 Å². The maximum atomic E-state index is 14.2. The monoisotopic (exact) mass is 416 g/mol. The number of halogens is 2. The Morgan fingerprint density at radius 2 is 2.15 bits per heavy atom. The lowest BCUT2D eigenvalue weighted by Crippen LogP contribution is -2.16. The number of nitrogens with one attached hydrogen (secondary N) is 1. The largest absolute Gasteiger partial charge is 0.319 e. The lowest BCUT2D eigenvalue weighted by atomic mass is 10.0. The van der Waals surface area contributed by atoms with Crippen LogP contribution in [-0.4, -0.2) is 20.7 Å². The van der Waals surface area contributed by atoms with E-state index in [2.05, 4.69) is 26.3 Å². The number of carbonyl (C=O) groups excluding carboxylic acids is 1. The van der Waals surface area contributed by atoms with E-state index in [1.165, 1.54) is 6.07 Å². The molecule has 0 spiro atoms. The zero-order valence-corrected chi connectivity index (χ0v) is 16.1. The summed E-state index contributed by atoms with van der Waals surface area (Å²) in [7, 11) is 0. The predicted octanol–water partition coefficient (Wildman–Crippen LogP) is 4.65. The normalized spacial score (nSPS) is 13.4. The quantitative estimate of drug-likeness (QED) is 0.675. The molecule has 2 aromatic heterocycles. The fourth-order valence-corrected chi connectivity index (χ4v) is 3.80. The third kappa shape index (κ3) is 2.80. The highest BCUT2D eigenvalue weighted by Gasteiger charge is 2.26. The number of pyridine rings is 1. The van der Waals surface area contributed by atoms with Gasteiger partial charge in [0.1, 0.15) is 5.82 Å². The van der Waals surface area contributed by atoms with Gasteiger partial charge < -0.3 is 5.32 Å². The number of rotatable bonds is 3. The third-order valence-electron chi connectivity index (χ3n) is 4.67.